The van der Waals surface area contributed by atoms with Crippen LogP contribution in [0, 0.1) is 0 Å². The van der Waals surface area contributed by atoms with Crippen LogP contribution in [0.25, 0.3) is 5.57 Å². The number of rotatable bonds is 4. The van der Waals surface area contributed by atoms with E-state index in [1.165, 1.54) is 13.8 Å². The molecule has 0 radical (unpaired) electrons. The number of nitrogens with one attached hydrogen (secondary N) is 1. The van der Waals surface area contributed by atoms with Crippen LogP contribution in [0.5, 0.6) is 0 Å². The van der Waals surface area contributed by atoms with Gasteiger partial charge in [0.15, 0.2) is 0 Å². The van der Waals surface area contributed by atoms with Crippen LogP contribution in [0.15, 0.2) is 64.0 Å². The van der Waals surface area contributed by atoms with Crippen LogP contribution < -0.4 is 10.2 Å². The number of anilines is 2. The zero-order valence-electron chi connectivity index (χ0n) is 20.8. The predicted molar refractivity (Wildman–Crippen MR) is 141 cm³/mol. The molecule has 1 aromatic carbocycles. The molecule has 1 atom stereocenters. The number of aliphatic hydroxyl groups excluding tert-OH is 2. The van der Waals surface area contributed by atoms with Crippen molar-refractivity contribution >= 4 is 34.5 Å². The number of aliphatic imine (C=N–C) groups is 1. The lowest BCUT2D eigenvalue weighted by molar-refractivity contribution is -0.116. The minimum atomic E-state index is -1.09. The minimum Gasteiger partial charge on any atom is -0.507 e. The summed E-state index contributed by atoms with van der Waals surface area (Å²) in [6, 6.07) is 5.69. The molecule has 1 unspecified atom stereocenters. The van der Waals surface area contributed by atoms with E-state index in [4.69, 9.17) is 0 Å². The summed E-state index contributed by atoms with van der Waals surface area (Å²) in [5, 5.41) is 25.2. The monoisotopic (exact) mass is 488 g/mol. The van der Waals surface area contributed by atoms with Crippen LogP contribution in [0.3, 0.4) is 0 Å². The van der Waals surface area contributed by atoms with Crippen molar-refractivity contribution in [2.75, 3.05) is 36.4 Å². The molecule has 3 N–H and O–H groups in total. The van der Waals surface area contributed by atoms with Gasteiger partial charge in [0.25, 0.3) is 0 Å². The summed E-state index contributed by atoms with van der Waals surface area (Å²) < 4.78 is 0. The number of carbonyl (C=O) groups excluding carboxylic acids is 2. The number of carbonyl (C=O) groups is 2. The van der Waals surface area contributed by atoms with Gasteiger partial charge < -0.3 is 25.3 Å². The summed E-state index contributed by atoms with van der Waals surface area (Å²) in [7, 11) is 0. The summed E-state index contributed by atoms with van der Waals surface area (Å²) in [4.78, 5) is 32.5. The molecular formula is C28H32N4O4. The Hall–Kier alpha value is -3.65. The zero-order valence-corrected chi connectivity index (χ0v) is 20.8. The van der Waals surface area contributed by atoms with E-state index in [1.54, 1.807) is 0 Å². The van der Waals surface area contributed by atoms with Gasteiger partial charge in [-0.15, -0.1) is 0 Å². The van der Waals surface area contributed by atoms with Crippen molar-refractivity contribution in [3.63, 3.8) is 0 Å². The second-order valence-corrected chi connectivity index (χ2v) is 9.71. The van der Waals surface area contributed by atoms with Crippen LogP contribution in [0.1, 0.15) is 45.1 Å². The Morgan fingerprint density at radius 1 is 0.972 bits per heavy atom. The van der Waals surface area contributed by atoms with E-state index < -0.39 is 6.10 Å². The van der Waals surface area contributed by atoms with Crippen molar-refractivity contribution in [2.24, 2.45) is 4.99 Å². The molecule has 188 valence electrons. The van der Waals surface area contributed by atoms with Gasteiger partial charge in [-0.2, -0.15) is 0 Å². The molecule has 8 heteroatoms. The van der Waals surface area contributed by atoms with Crippen LogP contribution in [-0.2, 0) is 9.59 Å². The Bertz CT molecular complexity index is 1260. The van der Waals surface area contributed by atoms with E-state index in [0.29, 0.717) is 33.7 Å². The van der Waals surface area contributed by atoms with Gasteiger partial charge in [-0.05, 0) is 50.0 Å². The maximum absolute atomic E-state index is 11.9. The fourth-order valence-corrected chi connectivity index (χ4v) is 5.43. The number of hydrogen-bond donors (Lipinski definition) is 3. The summed E-state index contributed by atoms with van der Waals surface area (Å²) in [5.41, 5.74) is 4.72. The van der Waals surface area contributed by atoms with Crippen LogP contribution in [0.2, 0.25) is 0 Å². The quantitative estimate of drug-likeness (QED) is 0.597. The van der Waals surface area contributed by atoms with E-state index in [-0.39, 0.29) is 17.6 Å². The summed E-state index contributed by atoms with van der Waals surface area (Å²) in [5.74, 6) is -0.636. The first kappa shape index (κ1) is 24.1. The van der Waals surface area contributed by atoms with Gasteiger partial charge in [-0.1, -0.05) is 12.1 Å². The van der Waals surface area contributed by atoms with Gasteiger partial charge in [0.1, 0.15) is 11.9 Å². The summed E-state index contributed by atoms with van der Waals surface area (Å²) in [6.45, 7) is 6.65. The Morgan fingerprint density at radius 2 is 1.64 bits per heavy atom. The Morgan fingerprint density at radius 3 is 2.25 bits per heavy atom. The maximum Gasteiger partial charge on any atom is 0.243 e. The van der Waals surface area contributed by atoms with Crippen molar-refractivity contribution in [1.29, 1.82) is 0 Å². The highest BCUT2D eigenvalue weighted by Crippen LogP contribution is 2.45. The molecule has 8 nitrogen and oxygen atoms in total. The highest BCUT2D eigenvalue weighted by atomic mass is 16.3. The normalized spacial score (nSPS) is 24.9. The number of benzene rings is 1. The van der Waals surface area contributed by atoms with Gasteiger partial charge >= 0.3 is 0 Å². The molecular weight excluding hydrogens is 456 g/mol. The van der Waals surface area contributed by atoms with Crippen LogP contribution in [0.4, 0.5) is 11.4 Å². The van der Waals surface area contributed by atoms with Crippen LogP contribution in [-0.4, -0.2) is 64.9 Å². The first-order valence-electron chi connectivity index (χ1n) is 12.6. The number of aliphatic hydroxyl groups is 2. The first-order chi connectivity index (χ1) is 17.3. The van der Waals surface area contributed by atoms with Crippen molar-refractivity contribution in [3.8, 4) is 0 Å². The summed E-state index contributed by atoms with van der Waals surface area (Å²) in [6.07, 6.45) is 9.02. The molecule has 4 aliphatic rings. The minimum absolute atomic E-state index is 0.0584. The number of likely N-dealkylation sites (tertiary alicyclic amines) is 1. The third kappa shape index (κ3) is 4.48. The number of amides is 2. The van der Waals surface area contributed by atoms with Crippen molar-refractivity contribution < 1.29 is 19.8 Å². The van der Waals surface area contributed by atoms with Crippen molar-refractivity contribution in [2.45, 2.75) is 45.6 Å². The van der Waals surface area contributed by atoms with Crippen molar-refractivity contribution in [3.05, 3.63) is 64.6 Å². The predicted octanol–water partition coefficient (Wildman–Crippen LogP) is 3.72. The second kappa shape index (κ2) is 9.78. The Balaban J connectivity index is 1.54. The number of allylic oxidation sites excluding steroid dienone is 4. The second-order valence-electron chi connectivity index (χ2n) is 9.71. The topological polar surface area (TPSA) is 105 Å². The van der Waals surface area contributed by atoms with Gasteiger partial charge in [0.05, 0.1) is 11.4 Å². The third-order valence-corrected chi connectivity index (χ3v) is 7.15. The lowest BCUT2D eigenvalue weighted by Gasteiger charge is -2.33. The maximum atomic E-state index is 11.9. The Labute approximate surface area is 211 Å². The molecule has 0 aromatic heterocycles. The average molecular weight is 489 g/mol. The van der Waals surface area contributed by atoms with E-state index in [2.05, 4.69) is 20.1 Å². The molecule has 5 rings (SSSR count). The lowest BCUT2D eigenvalue weighted by atomic mass is 9.77. The molecule has 2 saturated heterocycles. The number of nitrogens with zero attached hydrogens (tertiary/aromatic N) is 3. The fourth-order valence-electron chi connectivity index (χ4n) is 5.43. The van der Waals surface area contributed by atoms with Gasteiger partial charge in [-0.3, -0.25) is 9.59 Å². The molecule has 2 fully saturated rings. The third-order valence-electron chi connectivity index (χ3n) is 7.15. The molecule has 36 heavy (non-hydrogen) atoms. The highest BCUT2D eigenvalue weighted by molar-refractivity contribution is 6.17. The van der Waals surface area contributed by atoms with Gasteiger partial charge in [0, 0.05) is 73.7 Å². The fraction of sp³-hybridized carbons (Fsp3) is 0.393. The molecule has 1 aromatic rings. The van der Waals surface area contributed by atoms with E-state index >= 15 is 0 Å². The average Bonchev–Trinajstić information content (AvgIpc) is 3.55. The summed E-state index contributed by atoms with van der Waals surface area (Å²) >= 11 is 0. The first-order valence-corrected chi connectivity index (χ1v) is 12.6. The van der Waals surface area contributed by atoms with E-state index in [1.807, 2.05) is 36.4 Å². The van der Waals surface area contributed by atoms with Crippen molar-refractivity contribution in [1.82, 2.24) is 4.90 Å². The molecule has 0 saturated carbocycles. The highest BCUT2D eigenvalue weighted by Gasteiger charge is 2.39. The van der Waals surface area contributed by atoms with Gasteiger partial charge in [0.2, 0.25) is 11.8 Å². The molecule has 2 amide bonds. The molecule has 2 aliphatic heterocycles. The van der Waals surface area contributed by atoms with E-state index in [0.717, 1.165) is 63.2 Å². The van der Waals surface area contributed by atoms with Gasteiger partial charge in [-0.25, -0.2) is 4.99 Å². The van der Waals surface area contributed by atoms with E-state index in [9.17, 15) is 19.8 Å². The number of hydrogen-bond acceptors (Lipinski definition) is 6. The SMILES string of the molecule is CC(=O)N=C1C=C(N2CCCC2)C=CC1=C1C(O)=C(c2ccc(N3CCCC3)cc2NC(C)=O)C1O. The molecule has 2 aliphatic carbocycles. The smallest absolute Gasteiger partial charge is 0.243 e. The largest absolute Gasteiger partial charge is 0.507 e. The zero-order chi connectivity index (χ0) is 25.4. The molecule has 2 heterocycles. The standard InChI is InChI=1S/C28H32N4O4/c1-17(33)29-23-15-19(31-11-3-4-12-31)7-9-21(23)25-27(35)26(28(25)36)22-10-8-20(32-13-5-6-14-32)16-24(22)30-18(2)34/h7-10,15-16,27,35-36H,3-6,11-14H2,1-2H3,(H,29,33). The Kier molecular flexibility index (Phi) is 6.53. The lowest BCUT2D eigenvalue weighted by Crippen LogP contribution is -2.31. The molecule has 0 bridgehead atoms. The molecule has 0 spiro atoms. The van der Waals surface area contributed by atoms with Crippen LogP contribution >= 0.6 is 0 Å².